The Labute approximate surface area is 119 Å². The molecule has 0 aromatic rings. The molecule has 0 radical (unpaired) electrons. The summed E-state index contributed by atoms with van der Waals surface area (Å²) in [6.45, 7) is 11.3. The van der Waals surface area contributed by atoms with Crippen molar-refractivity contribution in [3.63, 3.8) is 0 Å². The molecule has 1 heterocycles. The van der Waals surface area contributed by atoms with Crippen LogP contribution < -0.4 is 5.32 Å². The lowest BCUT2D eigenvalue weighted by molar-refractivity contribution is -0.0702. The largest absolute Gasteiger partial charge is 0.375 e. The lowest BCUT2D eigenvalue weighted by atomic mass is 10.0. The molecule has 0 bridgehead atoms. The molecule has 0 amide bonds. The number of nitrogens with one attached hydrogen (secondary N) is 1. The van der Waals surface area contributed by atoms with Gasteiger partial charge in [-0.1, -0.05) is 13.8 Å². The van der Waals surface area contributed by atoms with E-state index in [1.165, 1.54) is 38.6 Å². The average Bonchev–Trinajstić information content (AvgIpc) is 2.85. The minimum Gasteiger partial charge on any atom is -0.375 e. The third-order valence-electron chi connectivity index (χ3n) is 4.62. The van der Waals surface area contributed by atoms with Crippen LogP contribution in [0.1, 0.15) is 52.9 Å². The first-order chi connectivity index (χ1) is 9.18. The summed E-state index contributed by atoms with van der Waals surface area (Å²) in [5, 5.41) is 3.55. The van der Waals surface area contributed by atoms with Crippen LogP contribution in [0.3, 0.4) is 0 Å². The Hall–Kier alpha value is -0.120. The van der Waals surface area contributed by atoms with Crippen molar-refractivity contribution in [2.24, 2.45) is 5.92 Å². The van der Waals surface area contributed by atoms with E-state index in [4.69, 9.17) is 4.74 Å². The highest BCUT2D eigenvalue weighted by Crippen LogP contribution is 2.31. The van der Waals surface area contributed by atoms with Crippen molar-refractivity contribution in [1.29, 1.82) is 0 Å². The fraction of sp³-hybridized carbons (Fsp3) is 1.00. The SMILES string of the molecule is CC(C)CNCCCC(C)N1CCOC2CCCC21. The van der Waals surface area contributed by atoms with Crippen LogP contribution in [-0.2, 0) is 4.74 Å². The molecule has 19 heavy (non-hydrogen) atoms. The summed E-state index contributed by atoms with van der Waals surface area (Å²) in [5.74, 6) is 0.760. The first-order valence-corrected chi connectivity index (χ1v) is 8.26. The van der Waals surface area contributed by atoms with Crippen molar-refractivity contribution >= 4 is 0 Å². The molecule has 2 fully saturated rings. The van der Waals surface area contributed by atoms with Gasteiger partial charge >= 0.3 is 0 Å². The van der Waals surface area contributed by atoms with Gasteiger partial charge in [0, 0.05) is 18.6 Å². The van der Waals surface area contributed by atoms with Gasteiger partial charge in [-0.3, -0.25) is 4.90 Å². The summed E-state index contributed by atoms with van der Waals surface area (Å²) in [4.78, 5) is 2.73. The standard InChI is InChI=1S/C16H32N2O/c1-13(2)12-17-9-5-6-14(3)18-10-11-19-16-8-4-7-15(16)18/h13-17H,4-12H2,1-3H3. The normalized spacial score (nSPS) is 29.7. The van der Waals surface area contributed by atoms with Gasteiger partial charge in [0.25, 0.3) is 0 Å². The zero-order chi connectivity index (χ0) is 13.7. The Balaban J connectivity index is 1.66. The molecule has 1 N–H and O–H groups in total. The highest BCUT2D eigenvalue weighted by atomic mass is 16.5. The zero-order valence-corrected chi connectivity index (χ0v) is 13.0. The molecule has 2 aliphatic rings. The Bertz CT molecular complexity index is 257. The quantitative estimate of drug-likeness (QED) is 0.718. The smallest absolute Gasteiger partial charge is 0.0731 e. The van der Waals surface area contributed by atoms with E-state index in [1.54, 1.807) is 0 Å². The molecule has 0 aromatic heterocycles. The maximum absolute atomic E-state index is 5.90. The van der Waals surface area contributed by atoms with E-state index in [0.29, 0.717) is 12.1 Å². The Morgan fingerprint density at radius 3 is 2.89 bits per heavy atom. The van der Waals surface area contributed by atoms with Gasteiger partial charge in [-0.25, -0.2) is 0 Å². The van der Waals surface area contributed by atoms with Gasteiger partial charge in [-0.2, -0.15) is 0 Å². The fourth-order valence-electron chi connectivity index (χ4n) is 3.58. The molecule has 3 nitrogen and oxygen atoms in total. The van der Waals surface area contributed by atoms with Crippen molar-refractivity contribution in [3.05, 3.63) is 0 Å². The van der Waals surface area contributed by atoms with Crippen LogP contribution in [0.25, 0.3) is 0 Å². The van der Waals surface area contributed by atoms with Crippen LogP contribution in [0, 0.1) is 5.92 Å². The second-order valence-electron chi connectivity index (χ2n) is 6.73. The van der Waals surface area contributed by atoms with E-state index in [1.807, 2.05) is 0 Å². The second kappa shape index (κ2) is 7.61. The Morgan fingerprint density at radius 1 is 1.26 bits per heavy atom. The number of ether oxygens (including phenoxy) is 1. The molecule has 1 saturated heterocycles. The highest BCUT2D eigenvalue weighted by Gasteiger charge is 2.37. The molecular weight excluding hydrogens is 236 g/mol. The predicted molar refractivity (Wildman–Crippen MR) is 80.5 cm³/mol. The van der Waals surface area contributed by atoms with E-state index in [-0.39, 0.29) is 0 Å². The molecule has 3 heteroatoms. The maximum atomic E-state index is 5.90. The molecule has 3 unspecified atom stereocenters. The van der Waals surface area contributed by atoms with E-state index in [2.05, 4.69) is 31.0 Å². The summed E-state index contributed by atoms with van der Waals surface area (Å²) in [6.07, 6.45) is 7.13. The van der Waals surface area contributed by atoms with E-state index in [9.17, 15) is 0 Å². The molecule has 0 spiro atoms. The van der Waals surface area contributed by atoms with Gasteiger partial charge in [0.15, 0.2) is 0 Å². The van der Waals surface area contributed by atoms with Crippen LogP contribution in [0.2, 0.25) is 0 Å². The summed E-state index contributed by atoms with van der Waals surface area (Å²) in [5.41, 5.74) is 0. The van der Waals surface area contributed by atoms with E-state index < -0.39 is 0 Å². The van der Waals surface area contributed by atoms with Crippen LogP contribution in [-0.4, -0.2) is 49.3 Å². The maximum Gasteiger partial charge on any atom is 0.0731 e. The first kappa shape index (κ1) is 15.3. The number of hydrogen-bond acceptors (Lipinski definition) is 3. The van der Waals surface area contributed by atoms with Crippen LogP contribution in [0.15, 0.2) is 0 Å². The fourth-order valence-corrected chi connectivity index (χ4v) is 3.58. The zero-order valence-electron chi connectivity index (χ0n) is 13.0. The topological polar surface area (TPSA) is 24.5 Å². The minimum atomic E-state index is 0.537. The third kappa shape index (κ3) is 4.44. The third-order valence-corrected chi connectivity index (χ3v) is 4.62. The first-order valence-electron chi connectivity index (χ1n) is 8.26. The van der Waals surface area contributed by atoms with Crippen LogP contribution in [0.4, 0.5) is 0 Å². The molecule has 1 aliphatic heterocycles. The van der Waals surface area contributed by atoms with Gasteiger partial charge in [-0.05, 0) is 58.0 Å². The lowest BCUT2D eigenvalue weighted by Crippen LogP contribution is -2.52. The van der Waals surface area contributed by atoms with Gasteiger partial charge < -0.3 is 10.1 Å². The molecule has 1 aliphatic carbocycles. The van der Waals surface area contributed by atoms with E-state index in [0.717, 1.165) is 31.7 Å². The number of nitrogens with zero attached hydrogens (tertiary/aromatic N) is 1. The molecule has 0 aromatic carbocycles. The Morgan fingerprint density at radius 2 is 2.11 bits per heavy atom. The number of morpholine rings is 1. The summed E-state index contributed by atoms with van der Waals surface area (Å²) >= 11 is 0. The van der Waals surface area contributed by atoms with E-state index >= 15 is 0 Å². The van der Waals surface area contributed by atoms with Gasteiger partial charge in [0.2, 0.25) is 0 Å². The second-order valence-corrected chi connectivity index (χ2v) is 6.73. The lowest BCUT2D eigenvalue weighted by Gasteiger charge is -2.41. The van der Waals surface area contributed by atoms with Crippen molar-refractivity contribution in [3.8, 4) is 0 Å². The van der Waals surface area contributed by atoms with Crippen LogP contribution >= 0.6 is 0 Å². The molecule has 112 valence electrons. The van der Waals surface area contributed by atoms with Gasteiger partial charge in [0.1, 0.15) is 0 Å². The Kier molecular flexibility index (Phi) is 6.11. The molecule has 2 rings (SSSR count). The predicted octanol–water partition coefficient (Wildman–Crippen LogP) is 2.65. The molecule has 3 atom stereocenters. The van der Waals surface area contributed by atoms with Gasteiger partial charge in [0.05, 0.1) is 12.7 Å². The van der Waals surface area contributed by atoms with Crippen molar-refractivity contribution < 1.29 is 4.74 Å². The van der Waals surface area contributed by atoms with Crippen molar-refractivity contribution in [1.82, 2.24) is 10.2 Å². The highest BCUT2D eigenvalue weighted by molar-refractivity contribution is 4.91. The number of fused-ring (bicyclic) bond motifs is 1. The summed E-state index contributed by atoms with van der Waals surface area (Å²) < 4.78 is 5.90. The summed E-state index contributed by atoms with van der Waals surface area (Å²) in [6, 6.07) is 1.43. The minimum absolute atomic E-state index is 0.537. The van der Waals surface area contributed by atoms with Gasteiger partial charge in [-0.15, -0.1) is 0 Å². The average molecular weight is 268 g/mol. The number of hydrogen-bond donors (Lipinski definition) is 1. The monoisotopic (exact) mass is 268 g/mol. The van der Waals surface area contributed by atoms with Crippen molar-refractivity contribution in [2.45, 2.75) is 71.1 Å². The number of rotatable bonds is 7. The van der Waals surface area contributed by atoms with Crippen LogP contribution in [0.5, 0.6) is 0 Å². The van der Waals surface area contributed by atoms with Crippen molar-refractivity contribution in [2.75, 3.05) is 26.2 Å². The summed E-state index contributed by atoms with van der Waals surface area (Å²) in [7, 11) is 0. The molecular formula is C16H32N2O. The molecule has 1 saturated carbocycles.